The van der Waals surface area contributed by atoms with Crippen molar-refractivity contribution in [1.82, 2.24) is 0 Å². The molecule has 0 aromatic heterocycles. The molecular formula is C14H12BrNOS. The van der Waals surface area contributed by atoms with Crippen LogP contribution in [0.2, 0.25) is 0 Å². The van der Waals surface area contributed by atoms with Gasteiger partial charge in [0.15, 0.2) is 0 Å². The van der Waals surface area contributed by atoms with Crippen LogP contribution in [0.5, 0.6) is 0 Å². The van der Waals surface area contributed by atoms with Crippen LogP contribution >= 0.6 is 28.6 Å². The minimum atomic E-state index is -0.0706. The smallest absolute Gasteiger partial charge is 0.259 e. The Labute approximate surface area is 120 Å². The molecule has 0 radical (unpaired) electrons. The maximum atomic E-state index is 12.3. The zero-order chi connectivity index (χ0) is 13.1. The minimum Gasteiger partial charge on any atom is -0.311 e. The number of hydrogen-bond donors (Lipinski definition) is 1. The summed E-state index contributed by atoms with van der Waals surface area (Å²) in [5, 5.41) is 0. The Balaban J connectivity index is 2.32. The van der Waals surface area contributed by atoms with Crippen molar-refractivity contribution in [3.8, 4) is 0 Å². The molecule has 1 amide bonds. The molecule has 0 saturated carbocycles. The summed E-state index contributed by atoms with van der Waals surface area (Å²) < 4.78 is 0.909. The first-order valence-electron chi connectivity index (χ1n) is 5.41. The summed E-state index contributed by atoms with van der Waals surface area (Å²) in [6.07, 6.45) is 0. The molecular weight excluding hydrogens is 310 g/mol. The number of amides is 1. The summed E-state index contributed by atoms with van der Waals surface area (Å²) in [6.45, 7) is 0. The number of benzene rings is 2. The number of rotatable bonds is 2. The highest BCUT2D eigenvalue weighted by molar-refractivity contribution is 9.10. The van der Waals surface area contributed by atoms with E-state index in [2.05, 4.69) is 28.6 Å². The lowest BCUT2D eigenvalue weighted by atomic mass is 10.2. The van der Waals surface area contributed by atoms with Gasteiger partial charge in [-0.3, -0.25) is 4.79 Å². The van der Waals surface area contributed by atoms with Crippen LogP contribution < -0.4 is 4.90 Å². The molecule has 4 heteroatoms. The fraction of sp³-hybridized carbons (Fsp3) is 0.0714. The average molecular weight is 322 g/mol. The molecule has 0 N–H and O–H groups in total. The molecule has 2 aromatic rings. The van der Waals surface area contributed by atoms with E-state index in [1.807, 2.05) is 42.5 Å². The molecule has 0 atom stereocenters. The van der Waals surface area contributed by atoms with Crippen molar-refractivity contribution in [2.75, 3.05) is 11.9 Å². The zero-order valence-electron chi connectivity index (χ0n) is 9.80. The molecule has 0 aliphatic heterocycles. The van der Waals surface area contributed by atoms with E-state index in [1.165, 1.54) is 0 Å². The first kappa shape index (κ1) is 13.2. The molecule has 2 rings (SSSR count). The van der Waals surface area contributed by atoms with Crippen LogP contribution in [0.4, 0.5) is 5.69 Å². The second-order valence-corrected chi connectivity index (χ2v) is 5.26. The molecule has 0 spiro atoms. The van der Waals surface area contributed by atoms with Gasteiger partial charge < -0.3 is 4.90 Å². The van der Waals surface area contributed by atoms with Crippen LogP contribution in [0, 0.1) is 0 Å². The predicted octanol–water partition coefficient (Wildman–Crippen LogP) is 4.01. The normalized spacial score (nSPS) is 10.2. The van der Waals surface area contributed by atoms with E-state index in [0.717, 1.165) is 10.2 Å². The van der Waals surface area contributed by atoms with Crippen LogP contribution in [0.15, 0.2) is 57.9 Å². The van der Waals surface area contributed by atoms with Gasteiger partial charge in [-0.1, -0.05) is 34.1 Å². The van der Waals surface area contributed by atoms with Crippen LogP contribution in [-0.2, 0) is 0 Å². The lowest BCUT2D eigenvalue weighted by molar-refractivity contribution is 0.0990. The van der Waals surface area contributed by atoms with Gasteiger partial charge in [-0.15, -0.1) is 12.6 Å². The van der Waals surface area contributed by atoms with Crippen LogP contribution in [-0.4, -0.2) is 13.0 Å². The predicted molar refractivity (Wildman–Crippen MR) is 80.6 cm³/mol. The fourth-order valence-electron chi connectivity index (χ4n) is 1.64. The number of carbonyl (C=O) groups excluding carboxylic acids is 1. The number of thiol groups is 1. The highest BCUT2D eigenvalue weighted by Crippen LogP contribution is 2.23. The monoisotopic (exact) mass is 321 g/mol. The van der Waals surface area contributed by atoms with Crippen LogP contribution in [0.3, 0.4) is 0 Å². The van der Waals surface area contributed by atoms with E-state index in [9.17, 15) is 4.79 Å². The van der Waals surface area contributed by atoms with E-state index in [4.69, 9.17) is 0 Å². The van der Waals surface area contributed by atoms with Gasteiger partial charge in [0.1, 0.15) is 0 Å². The molecule has 2 nitrogen and oxygen atoms in total. The van der Waals surface area contributed by atoms with Gasteiger partial charge in [-0.25, -0.2) is 0 Å². The number of hydrogen-bond acceptors (Lipinski definition) is 2. The topological polar surface area (TPSA) is 20.3 Å². The quantitative estimate of drug-likeness (QED) is 0.828. The van der Waals surface area contributed by atoms with Crippen molar-refractivity contribution in [3.05, 3.63) is 58.6 Å². The summed E-state index contributed by atoms with van der Waals surface area (Å²) >= 11 is 7.69. The minimum absolute atomic E-state index is 0.0706. The molecule has 0 unspecified atom stereocenters. The van der Waals surface area contributed by atoms with Gasteiger partial charge in [0.05, 0.1) is 5.56 Å². The summed E-state index contributed by atoms with van der Waals surface area (Å²) in [7, 11) is 1.76. The van der Waals surface area contributed by atoms with E-state index in [1.54, 1.807) is 18.0 Å². The van der Waals surface area contributed by atoms with Crippen molar-refractivity contribution >= 4 is 40.2 Å². The van der Waals surface area contributed by atoms with E-state index in [0.29, 0.717) is 10.5 Å². The zero-order valence-corrected chi connectivity index (χ0v) is 12.3. The molecule has 92 valence electrons. The van der Waals surface area contributed by atoms with Gasteiger partial charge in [0.2, 0.25) is 0 Å². The van der Waals surface area contributed by atoms with E-state index >= 15 is 0 Å². The molecule has 0 heterocycles. The maximum Gasteiger partial charge on any atom is 0.259 e. The summed E-state index contributed by atoms with van der Waals surface area (Å²) in [5.41, 5.74) is 1.45. The Kier molecular flexibility index (Phi) is 4.09. The molecule has 0 bridgehead atoms. The number of halogens is 1. The molecule has 0 fully saturated rings. The lowest BCUT2D eigenvalue weighted by Gasteiger charge is -2.18. The number of para-hydroxylation sites is 1. The maximum absolute atomic E-state index is 12.3. The molecule has 2 aromatic carbocycles. The number of carbonyl (C=O) groups is 1. The Morgan fingerprint density at radius 2 is 1.83 bits per heavy atom. The third kappa shape index (κ3) is 2.76. The van der Waals surface area contributed by atoms with Crippen LogP contribution in [0.1, 0.15) is 10.4 Å². The van der Waals surface area contributed by atoms with Crippen molar-refractivity contribution in [2.45, 2.75) is 4.90 Å². The third-order valence-electron chi connectivity index (χ3n) is 2.64. The molecule has 0 saturated heterocycles. The van der Waals surface area contributed by atoms with Crippen LogP contribution in [0.25, 0.3) is 0 Å². The van der Waals surface area contributed by atoms with Gasteiger partial charge in [0, 0.05) is 22.1 Å². The molecule has 0 aliphatic carbocycles. The van der Waals surface area contributed by atoms with Crippen molar-refractivity contribution in [3.63, 3.8) is 0 Å². The van der Waals surface area contributed by atoms with Gasteiger partial charge in [-0.2, -0.15) is 0 Å². The third-order valence-corrected chi connectivity index (χ3v) is 3.50. The largest absolute Gasteiger partial charge is 0.311 e. The number of nitrogens with zero attached hydrogens (tertiary/aromatic N) is 1. The van der Waals surface area contributed by atoms with Crippen molar-refractivity contribution in [1.29, 1.82) is 0 Å². The van der Waals surface area contributed by atoms with E-state index in [-0.39, 0.29) is 5.91 Å². The van der Waals surface area contributed by atoms with Crippen molar-refractivity contribution in [2.24, 2.45) is 0 Å². The second kappa shape index (κ2) is 5.59. The average Bonchev–Trinajstić information content (AvgIpc) is 2.38. The van der Waals surface area contributed by atoms with Gasteiger partial charge in [0.25, 0.3) is 5.91 Å². The first-order valence-corrected chi connectivity index (χ1v) is 6.65. The SMILES string of the molecule is CN(C(=O)c1ccc(Br)cc1S)c1ccccc1. The Bertz CT molecular complexity index is 571. The van der Waals surface area contributed by atoms with Crippen molar-refractivity contribution < 1.29 is 4.79 Å². The van der Waals surface area contributed by atoms with Gasteiger partial charge >= 0.3 is 0 Å². The molecule has 0 aliphatic rings. The summed E-state index contributed by atoms with van der Waals surface area (Å²) in [5.74, 6) is -0.0706. The summed E-state index contributed by atoms with van der Waals surface area (Å²) in [4.78, 5) is 14.6. The lowest BCUT2D eigenvalue weighted by Crippen LogP contribution is -2.26. The Morgan fingerprint density at radius 3 is 2.44 bits per heavy atom. The van der Waals surface area contributed by atoms with E-state index < -0.39 is 0 Å². The first-order chi connectivity index (χ1) is 8.59. The Hall–Kier alpha value is -1.26. The van der Waals surface area contributed by atoms with Gasteiger partial charge in [-0.05, 0) is 30.3 Å². The second-order valence-electron chi connectivity index (χ2n) is 3.86. The highest BCUT2D eigenvalue weighted by Gasteiger charge is 2.15. The Morgan fingerprint density at radius 1 is 1.17 bits per heavy atom. The fourth-order valence-corrected chi connectivity index (χ4v) is 2.48. The summed E-state index contributed by atoms with van der Waals surface area (Å²) in [6, 6.07) is 15.0. The molecule has 18 heavy (non-hydrogen) atoms. The highest BCUT2D eigenvalue weighted by atomic mass is 79.9. The number of anilines is 1. The standard InChI is InChI=1S/C14H12BrNOS/c1-16(11-5-3-2-4-6-11)14(17)12-8-7-10(15)9-13(12)18/h2-9,18H,1H3.